The highest BCUT2D eigenvalue weighted by Crippen LogP contribution is 2.38. The molecule has 0 fully saturated rings. The Morgan fingerprint density at radius 2 is 1.81 bits per heavy atom. The molecule has 166 valence electrons. The second-order valence-electron chi connectivity index (χ2n) is 9.73. The topological polar surface area (TPSA) is 58.4 Å². The second-order valence-corrected chi connectivity index (χ2v) is 9.73. The maximum Gasteiger partial charge on any atom is 0.350 e. The van der Waals surface area contributed by atoms with Crippen LogP contribution in [0.25, 0.3) is 10.9 Å². The lowest BCUT2D eigenvalue weighted by Gasteiger charge is -2.33. The first-order valence-corrected chi connectivity index (χ1v) is 10.8. The van der Waals surface area contributed by atoms with Crippen LogP contribution in [0.4, 0.5) is 15.9 Å². The first-order valence-electron chi connectivity index (χ1n) is 10.8. The maximum absolute atomic E-state index is 15.2. The Kier molecular flexibility index (Phi) is 5.34. The van der Waals surface area contributed by atoms with Crippen molar-refractivity contribution >= 4 is 22.4 Å². The summed E-state index contributed by atoms with van der Waals surface area (Å²) in [4.78, 5) is 19.4. The lowest BCUT2D eigenvalue weighted by atomic mass is 9.95. The van der Waals surface area contributed by atoms with Crippen LogP contribution in [-0.4, -0.2) is 26.8 Å². The van der Waals surface area contributed by atoms with Gasteiger partial charge in [0, 0.05) is 23.3 Å². The van der Waals surface area contributed by atoms with Gasteiger partial charge in [0.15, 0.2) is 5.82 Å². The fourth-order valence-corrected chi connectivity index (χ4v) is 4.25. The molecule has 2 aromatic carbocycles. The van der Waals surface area contributed by atoms with Gasteiger partial charge >= 0.3 is 5.69 Å². The predicted octanol–water partition coefficient (Wildman–Crippen LogP) is 4.50. The molecule has 0 aliphatic carbocycles. The molecule has 0 unspecified atom stereocenters. The van der Waals surface area contributed by atoms with Crippen LogP contribution in [0.5, 0.6) is 0 Å². The van der Waals surface area contributed by atoms with E-state index in [1.165, 1.54) is 6.07 Å². The van der Waals surface area contributed by atoms with Gasteiger partial charge in [-0.2, -0.15) is 4.98 Å². The Hall–Kier alpha value is -3.17. The van der Waals surface area contributed by atoms with Crippen molar-refractivity contribution in [1.29, 1.82) is 0 Å². The van der Waals surface area contributed by atoms with E-state index in [1.807, 2.05) is 43.9 Å². The van der Waals surface area contributed by atoms with Gasteiger partial charge in [-0.25, -0.2) is 9.18 Å². The number of anilines is 2. The Morgan fingerprint density at radius 3 is 2.50 bits per heavy atom. The maximum atomic E-state index is 15.2. The molecule has 0 bridgehead atoms. The Morgan fingerprint density at radius 1 is 1.09 bits per heavy atom. The van der Waals surface area contributed by atoms with Crippen LogP contribution >= 0.6 is 0 Å². The summed E-state index contributed by atoms with van der Waals surface area (Å²) in [6, 6.07) is 10.6. The fraction of sp³-hybridized carbons (Fsp3) is 0.385. The van der Waals surface area contributed by atoms with Gasteiger partial charge in [-0.1, -0.05) is 24.0 Å². The molecule has 1 aliphatic rings. The van der Waals surface area contributed by atoms with Gasteiger partial charge in [0.1, 0.15) is 11.4 Å². The highest BCUT2D eigenvalue weighted by atomic mass is 19.1. The van der Waals surface area contributed by atoms with Gasteiger partial charge < -0.3 is 10.0 Å². The molecular formula is C26H28FN3O2. The van der Waals surface area contributed by atoms with E-state index in [1.54, 1.807) is 30.5 Å². The second kappa shape index (κ2) is 7.75. The van der Waals surface area contributed by atoms with Gasteiger partial charge in [-0.3, -0.25) is 4.57 Å². The van der Waals surface area contributed by atoms with Crippen LogP contribution < -0.4 is 10.6 Å². The molecule has 1 aliphatic heterocycles. The molecule has 1 aromatic heterocycles. The minimum atomic E-state index is -1.10. The summed E-state index contributed by atoms with van der Waals surface area (Å²) in [5.74, 6) is 5.88. The van der Waals surface area contributed by atoms with Crippen molar-refractivity contribution in [2.24, 2.45) is 0 Å². The zero-order chi connectivity index (χ0) is 23.3. The van der Waals surface area contributed by atoms with Crippen molar-refractivity contribution in [3.63, 3.8) is 0 Å². The number of fused-ring (bicyclic) bond motifs is 2. The first kappa shape index (κ1) is 22.0. The monoisotopic (exact) mass is 433 g/mol. The van der Waals surface area contributed by atoms with Gasteiger partial charge in [-0.05, 0) is 77.3 Å². The summed E-state index contributed by atoms with van der Waals surface area (Å²) < 4.78 is 16.7. The molecule has 0 atom stereocenters. The third-order valence-corrected chi connectivity index (χ3v) is 5.53. The van der Waals surface area contributed by atoms with Crippen LogP contribution in [0.1, 0.15) is 52.2 Å². The predicted molar refractivity (Wildman–Crippen MR) is 126 cm³/mol. The zero-order valence-corrected chi connectivity index (χ0v) is 19.2. The number of aromatic nitrogens is 2. The summed E-state index contributed by atoms with van der Waals surface area (Å²) in [6.07, 6.45) is 1.62. The Labute approximate surface area is 187 Å². The minimum Gasteiger partial charge on any atom is -0.378 e. The van der Waals surface area contributed by atoms with Gasteiger partial charge in [0.25, 0.3) is 0 Å². The number of hydrogen-bond donors (Lipinski definition) is 1. The molecule has 0 saturated carbocycles. The molecule has 4 rings (SSSR count). The number of nitrogens with zero attached hydrogens (tertiary/aromatic N) is 3. The van der Waals surface area contributed by atoms with Crippen molar-refractivity contribution in [3.05, 3.63) is 63.8 Å². The van der Waals surface area contributed by atoms with E-state index >= 15 is 4.39 Å². The van der Waals surface area contributed by atoms with Crippen LogP contribution in [-0.2, 0) is 12.0 Å². The summed E-state index contributed by atoms with van der Waals surface area (Å²) in [7, 11) is 0. The smallest absolute Gasteiger partial charge is 0.350 e. The normalized spacial score (nSPS) is 14.2. The molecule has 1 N–H and O–H groups in total. The zero-order valence-electron chi connectivity index (χ0n) is 19.2. The highest BCUT2D eigenvalue weighted by molar-refractivity contribution is 5.93. The number of rotatable bonds is 1. The number of aliphatic hydroxyl groups is 1. The minimum absolute atomic E-state index is 0.331. The quantitative estimate of drug-likeness (QED) is 0.574. The van der Waals surface area contributed by atoms with E-state index in [-0.39, 0.29) is 0 Å². The number of benzene rings is 2. The Balaban J connectivity index is 1.97. The average molecular weight is 434 g/mol. The SMILES string of the molecule is CC(C)(O)C#Cc1cccc2c1CCCN2c1nc(=O)n(C(C)(C)C)c2cccc(F)c12. The fourth-order valence-electron chi connectivity index (χ4n) is 4.25. The van der Waals surface area contributed by atoms with E-state index < -0.39 is 22.6 Å². The van der Waals surface area contributed by atoms with Gasteiger partial charge in [-0.15, -0.1) is 0 Å². The summed E-state index contributed by atoms with van der Waals surface area (Å²) >= 11 is 0. The van der Waals surface area contributed by atoms with E-state index in [9.17, 15) is 9.90 Å². The first-order chi connectivity index (χ1) is 15.0. The van der Waals surface area contributed by atoms with Crippen molar-refractivity contribution in [1.82, 2.24) is 9.55 Å². The molecule has 6 heteroatoms. The molecule has 0 saturated heterocycles. The molecule has 0 radical (unpaired) electrons. The van der Waals surface area contributed by atoms with Crippen LogP contribution in [0, 0.1) is 17.7 Å². The summed E-state index contributed by atoms with van der Waals surface area (Å²) in [5, 5.41) is 10.3. The summed E-state index contributed by atoms with van der Waals surface area (Å²) in [5.41, 5.74) is 1.17. The van der Waals surface area contributed by atoms with Gasteiger partial charge in [0.05, 0.1) is 10.9 Å². The van der Waals surface area contributed by atoms with Crippen LogP contribution in [0.15, 0.2) is 41.2 Å². The van der Waals surface area contributed by atoms with E-state index in [0.717, 1.165) is 29.7 Å². The van der Waals surface area contributed by atoms with Crippen molar-refractivity contribution in [2.45, 2.75) is 58.6 Å². The standard InChI is InChI=1S/C26H28FN3O2/c1-25(2,3)30-21-13-7-11-19(27)22(21)23(28-24(30)31)29-16-8-10-18-17(9-6-12-20(18)29)14-15-26(4,5)32/h6-7,9,11-13,32H,8,10,16H2,1-5H3. The number of halogens is 1. The molecule has 5 nitrogen and oxygen atoms in total. The highest BCUT2D eigenvalue weighted by Gasteiger charge is 2.28. The molecule has 0 spiro atoms. The van der Waals surface area contributed by atoms with Crippen molar-refractivity contribution in [2.75, 3.05) is 11.4 Å². The third-order valence-electron chi connectivity index (χ3n) is 5.53. The Bertz CT molecular complexity index is 1320. The van der Waals surface area contributed by atoms with E-state index in [4.69, 9.17) is 0 Å². The van der Waals surface area contributed by atoms with E-state index in [0.29, 0.717) is 23.3 Å². The largest absolute Gasteiger partial charge is 0.378 e. The molecule has 2 heterocycles. The van der Waals surface area contributed by atoms with E-state index in [2.05, 4.69) is 16.8 Å². The van der Waals surface area contributed by atoms with Crippen molar-refractivity contribution < 1.29 is 9.50 Å². The average Bonchev–Trinajstić information content (AvgIpc) is 2.69. The lowest BCUT2D eigenvalue weighted by molar-refractivity contribution is 0.143. The molecule has 3 aromatic rings. The lowest BCUT2D eigenvalue weighted by Crippen LogP contribution is -2.38. The molecule has 0 amide bonds. The number of hydrogen-bond acceptors (Lipinski definition) is 4. The van der Waals surface area contributed by atoms with Crippen LogP contribution in [0.2, 0.25) is 0 Å². The summed E-state index contributed by atoms with van der Waals surface area (Å²) in [6.45, 7) is 9.62. The molecule has 32 heavy (non-hydrogen) atoms. The molecular weight excluding hydrogens is 405 g/mol. The van der Waals surface area contributed by atoms with Gasteiger partial charge in [0.2, 0.25) is 0 Å². The third kappa shape index (κ3) is 4.01. The van der Waals surface area contributed by atoms with Crippen molar-refractivity contribution in [3.8, 4) is 11.8 Å². The van der Waals surface area contributed by atoms with Crippen LogP contribution in [0.3, 0.4) is 0 Å².